The van der Waals surface area contributed by atoms with E-state index in [-0.39, 0.29) is 6.10 Å². The Labute approximate surface area is 103 Å². The monoisotopic (exact) mass is 235 g/mol. The van der Waals surface area contributed by atoms with Crippen LogP contribution in [0.3, 0.4) is 0 Å². The van der Waals surface area contributed by atoms with E-state index in [2.05, 4.69) is 12.2 Å². The summed E-state index contributed by atoms with van der Waals surface area (Å²) in [5.41, 5.74) is 0. The lowest BCUT2D eigenvalue weighted by Gasteiger charge is -2.24. The molecule has 1 saturated heterocycles. The van der Waals surface area contributed by atoms with Gasteiger partial charge in [0.25, 0.3) is 0 Å². The molecular weight excluding hydrogens is 214 g/mol. The lowest BCUT2D eigenvalue weighted by molar-refractivity contribution is 0.133. The average Bonchev–Trinajstić information content (AvgIpc) is 2.90. The van der Waals surface area contributed by atoms with E-state index in [1.165, 1.54) is 6.42 Å². The second-order valence-corrected chi connectivity index (χ2v) is 4.47. The Balaban J connectivity index is 2.06. The van der Waals surface area contributed by atoms with Crippen molar-refractivity contribution in [1.82, 2.24) is 5.32 Å². The number of rotatable bonds is 5. The fourth-order valence-electron chi connectivity index (χ4n) is 2.39. The van der Waals surface area contributed by atoms with Gasteiger partial charge in [-0.25, -0.2) is 0 Å². The van der Waals surface area contributed by atoms with E-state index >= 15 is 0 Å². The minimum absolute atomic E-state index is 0.279. The number of hydrogen-bond acceptors (Lipinski definition) is 3. The van der Waals surface area contributed by atoms with Crippen molar-refractivity contribution in [3.8, 4) is 11.5 Å². The van der Waals surface area contributed by atoms with Crippen molar-refractivity contribution >= 4 is 0 Å². The summed E-state index contributed by atoms with van der Waals surface area (Å²) in [6.07, 6.45) is 2.51. The van der Waals surface area contributed by atoms with Gasteiger partial charge in [-0.15, -0.1) is 0 Å². The average molecular weight is 235 g/mol. The lowest BCUT2D eigenvalue weighted by atomic mass is 9.99. The number of ether oxygens (including phenoxy) is 2. The fraction of sp³-hybridized carbons (Fsp3) is 0.571. The third-order valence-corrected chi connectivity index (χ3v) is 3.37. The molecule has 1 aromatic carbocycles. The first kappa shape index (κ1) is 12.2. The molecule has 1 heterocycles. The van der Waals surface area contributed by atoms with Gasteiger partial charge in [0.2, 0.25) is 0 Å². The Kier molecular flexibility index (Phi) is 4.26. The summed E-state index contributed by atoms with van der Waals surface area (Å²) in [4.78, 5) is 0. The van der Waals surface area contributed by atoms with Crippen LogP contribution in [0.1, 0.15) is 19.8 Å². The summed E-state index contributed by atoms with van der Waals surface area (Å²) in [7, 11) is 1.68. The van der Waals surface area contributed by atoms with E-state index in [0.717, 1.165) is 31.0 Å². The summed E-state index contributed by atoms with van der Waals surface area (Å²) in [6.45, 7) is 4.35. The maximum atomic E-state index is 6.10. The molecule has 17 heavy (non-hydrogen) atoms. The first-order valence-electron chi connectivity index (χ1n) is 6.35. The molecule has 3 heteroatoms. The predicted octanol–water partition coefficient (Wildman–Crippen LogP) is 2.46. The van der Waals surface area contributed by atoms with Gasteiger partial charge < -0.3 is 14.8 Å². The molecular formula is C14H21NO2. The van der Waals surface area contributed by atoms with Gasteiger partial charge in [-0.2, -0.15) is 0 Å². The fourth-order valence-corrected chi connectivity index (χ4v) is 2.39. The molecule has 1 aliphatic rings. The molecule has 94 valence electrons. The molecule has 2 atom stereocenters. The van der Waals surface area contributed by atoms with Gasteiger partial charge in [0.15, 0.2) is 11.5 Å². The van der Waals surface area contributed by atoms with E-state index in [0.29, 0.717) is 5.92 Å². The predicted molar refractivity (Wildman–Crippen MR) is 68.7 cm³/mol. The number of hydrogen-bond donors (Lipinski definition) is 1. The molecule has 2 rings (SSSR count). The van der Waals surface area contributed by atoms with Crippen LogP contribution in [-0.2, 0) is 0 Å². The molecule has 1 aromatic rings. The van der Waals surface area contributed by atoms with E-state index in [1.54, 1.807) is 7.11 Å². The second-order valence-electron chi connectivity index (χ2n) is 4.47. The maximum Gasteiger partial charge on any atom is 0.161 e. The van der Waals surface area contributed by atoms with Crippen molar-refractivity contribution in [2.45, 2.75) is 25.9 Å². The Morgan fingerprint density at radius 2 is 2.12 bits per heavy atom. The smallest absolute Gasteiger partial charge is 0.161 e. The van der Waals surface area contributed by atoms with Crippen LogP contribution >= 0.6 is 0 Å². The van der Waals surface area contributed by atoms with Gasteiger partial charge in [0.1, 0.15) is 6.10 Å². The van der Waals surface area contributed by atoms with Crippen LogP contribution in [0.4, 0.5) is 0 Å². The van der Waals surface area contributed by atoms with Crippen molar-refractivity contribution in [2.75, 3.05) is 20.2 Å². The van der Waals surface area contributed by atoms with E-state index in [4.69, 9.17) is 9.47 Å². The zero-order valence-corrected chi connectivity index (χ0v) is 10.6. The Hall–Kier alpha value is -1.22. The number of para-hydroxylation sites is 2. The minimum atomic E-state index is 0.279. The molecule has 1 N–H and O–H groups in total. The summed E-state index contributed by atoms with van der Waals surface area (Å²) >= 11 is 0. The van der Waals surface area contributed by atoms with Crippen molar-refractivity contribution in [3.63, 3.8) is 0 Å². The van der Waals surface area contributed by atoms with Gasteiger partial charge >= 0.3 is 0 Å². The van der Waals surface area contributed by atoms with Crippen molar-refractivity contribution in [2.24, 2.45) is 5.92 Å². The van der Waals surface area contributed by atoms with Crippen LogP contribution in [0.2, 0.25) is 0 Å². The molecule has 0 aliphatic carbocycles. The lowest BCUT2D eigenvalue weighted by Crippen LogP contribution is -2.28. The number of methoxy groups -OCH3 is 1. The third-order valence-electron chi connectivity index (χ3n) is 3.37. The van der Waals surface area contributed by atoms with Crippen molar-refractivity contribution in [3.05, 3.63) is 24.3 Å². The second kappa shape index (κ2) is 5.92. The molecule has 0 saturated carbocycles. The molecule has 0 bridgehead atoms. The van der Waals surface area contributed by atoms with Crippen LogP contribution in [0.25, 0.3) is 0 Å². The van der Waals surface area contributed by atoms with Crippen LogP contribution in [0.5, 0.6) is 11.5 Å². The van der Waals surface area contributed by atoms with Gasteiger partial charge in [-0.3, -0.25) is 0 Å². The first-order chi connectivity index (χ1) is 8.35. The quantitative estimate of drug-likeness (QED) is 0.850. The zero-order valence-electron chi connectivity index (χ0n) is 10.6. The van der Waals surface area contributed by atoms with Gasteiger partial charge in [0.05, 0.1) is 7.11 Å². The van der Waals surface area contributed by atoms with E-state index in [9.17, 15) is 0 Å². The van der Waals surface area contributed by atoms with Gasteiger partial charge in [-0.1, -0.05) is 19.1 Å². The highest BCUT2D eigenvalue weighted by Gasteiger charge is 2.25. The Morgan fingerprint density at radius 3 is 2.71 bits per heavy atom. The standard InChI is InChI=1S/C14H21NO2/c1-3-12(11-8-9-15-10-11)17-14-7-5-4-6-13(14)16-2/h4-7,11-12,15H,3,8-10H2,1-2H3/t11-,12-/m0/s1. The Bertz CT molecular complexity index is 348. The SMILES string of the molecule is CC[C@H](Oc1ccccc1OC)[C@H]1CCNC1. The number of benzene rings is 1. The van der Waals surface area contributed by atoms with Crippen molar-refractivity contribution < 1.29 is 9.47 Å². The molecule has 3 nitrogen and oxygen atoms in total. The van der Waals surface area contributed by atoms with E-state index < -0.39 is 0 Å². The molecule has 1 fully saturated rings. The normalized spacial score (nSPS) is 21.2. The highest BCUT2D eigenvalue weighted by molar-refractivity contribution is 5.39. The van der Waals surface area contributed by atoms with Gasteiger partial charge in [0, 0.05) is 12.5 Å². The summed E-state index contributed by atoms with van der Waals surface area (Å²) < 4.78 is 11.4. The summed E-state index contributed by atoms with van der Waals surface area (Å²) in [5, 5.41) is 3.39. The molecule has 1 aliphatic heterocycles. The minimum Gasteiger partial charge on any atom is -0.493 e. The topological polar surface area (TPSA) is 30.5 Å². The molecule has 0 spiro atoms. The van der Waals surface area contributed by atoms with E-state index in [1.807, 2.05) is 24.3 Å². The number of nitrogens with one attached hydrogen (secondary N) is 1. The first-order valence-corrected chi connectivity index (χ1v) is 6.35. The summed E-state index contributed by atoms with van der Waals surface area (Å²) in [5.74, 6) is 2.29. The van der Waals surface area contributed by atoms with Crippen LogP contribution in [0, 0.1) is 5.92 Å². The third kappa shape index (κ3) is 2.91. The summed E-state index contributed by atoms with van der Waals surface area (Å²) in [6, 6.07) is 7.86. The highest BCUT2D eigenvalue weighted by Crippen LogP contribution is 2.30. The van der Waals surface area contributed by atoms with Crippen LogP contribution < -0.4 is 14.8 Å². The zero-order chi connectivity index (χ0) is 12.1. The van der Waals surface area contributed by atoms with Gasteiger partial charge in [-0.05, 0) is 31.5 Å². The molecule has 0 radical (unpaired) electrons. The van der Waals surface area contributed by atoms with Crippen LogP contribution in [0.15, 0.2) is 24.3 Å². The van der Waals surface area contributed by atoms with Crippen molar-refractivity contribution in [1.29, 1.82) is 0 Å². The highest BCUT2D eigenvalue weighted by atomic mass is 16.5. The molecule has 0 aromatic heterocycles. The largest absolute Gasteiger partial charge is 0.493 e. The molecule has 0 amide bonds. The maximum absolute atomic E-state index is 6.10. The Morgan fingerprint density at radius 1 is 1.35 bits per heavy atom. The molecule has 0 unspecified atom stereocenters. The van der Waals surface area contributed by atoms with Crippen LogP contribution in [-0.4, -0.2) is 26.3 Å².